The highest BCUT2D eigenvalue weighted by Crippen LogP contribution is 2.30. The van der Waals surface area contributed by atoms with Crippen LogP contribution in [0.3, 0.4) is 0 Å². The molecule has 0 saturated heterocycles. The maximum absolute atomic E-state index is 2.50. The first-order valence-electron chi connectivity index (χ1n) is 12.1. The summed E-state index contributed by atoms with van der Waals surface area (Å²) in [5.41, 5.74) is 0.586. The zero-order valence-electron chi connectivity index (χ0n) is 18.6. The summed E-state index contributed by atoms with van der Waals surface area (Å²) in [6.07, 6.45) is 29.1. The molecule has 0 aliphatic rings. The van der Waals surface area contributed by atoms with Crippen LogP contribution in [0.1, 0.15) is 156 Å². The van der Waals surface area contributed by atoms with E-state index in [2.05, 4.69) is 27.7 Å². The Bertz CT molecular complexity index is 240. The van der Waals surface area contributed by atoms with Gasteiger partial charge in [0.2, 0.25) is 0 Å². The predicted octanol–water partition coefficient (Wildman–Crippen LogP) is 9.85. The van der Waals surface area contributed by atoms with E-state index in [4.69, 9.17) is 0 Å². The van der Waals surface area contributed by atoms with E-state index >= 15 is 0 Å². The third kappa shape index (κ3) is 20.2. The molecule has 0 unspecified atom stereocenters. The Hall–Kier alpha value is 0. The van der Waals surface area contributed by atoms with E-state index in [9.17, 15) is 0 Å². The first-order valence-corrected chi connectivity index (χ1v) is 12.1. The van der Waals surface area contributed by atoms with Gasteiger partial charge < -0.3 is 0 Å². The van der Waals surface area contributed by atoms with Crippen molar-refractivity contribution in [2.45, 2.75) is 156 Å². The Morgan fingerprint density at radius 2 is 0.600 bits per heavy atom. The van der Waals surface area contributed by atoms with Crippen LogP contribution in [-0.2, 0) is 0 Å². The summed E-state index contributed by atoms with van der Waals surface area (Å²) in [4.78, 5) is 0. The third-order valence-corrected chi connectivity index (χ3v) is 5.91. The molecular formula is C25H52. The monoisotopic (exact) mass is 352 g/mol. The molecule has 0 aromatic rings. The summed E-state index contributed by atoms with van der Waals surface area (Å²) in [6.45, 7) is 9.61. The molecule has 0 radical (unpaired) electrons. The first-order chi connectivity index (χ1) is 12.1. The van der Waals surface area contributed by atoms with E-state index in [1.807, 2.05) is 0 Å². The molecule has 0 rings (SSSR count). The minimum absolute atomic E-state index is 0.586. The molecule has 0 amide bonds. The summed E-state index contributed by atoms with van der Waals surface area (Å²) >= 11 is 0. The molecule has 0 bridgehead atoms. The van der Waals surface area contributed by atoms with E-state index in [-0.39, 0.29) is 0 Å². The molecule has 0 atom stereocenters. The summed E-state index contributed by atoms with van der Waals surface area (Å²) in [7, 11) is 0. The fourth-order valence-electron chi connectivity index (χ4n) is 3.95. The molecule has 0 aromatic carbocycles. The van der Waals surface area contributed by atoms with E-state index in [0.29, 0.717) is 5.41 Å². The second kappa shape index (κ2) is 18.8. The molecule has 0 aliphatic heterocycles. The van der Waals surface area contributed by atoms with Crippen molar-refractivity contribution in [3.63, 3.8) is 0 Å². The van der Waals surface area contributed by atoms with Gasteiger partial charge in [-0.3, -0.25) is 0 Å². The lowest BCUT2D eigenvalue weighted by molar-refractivity contribution is 0.282. The Morgan fingerprint density at radius 1 is 0.360 bits per heavy atom. The molecule has 0 nitrogen and oxygen atoms in total. The molecular weight excluding hydrogens is 300 g/mol. The van der Waals surface area contributed by atoms with Crippen LogP contribution in [0.25, 0.3) is 0 Å². The fourth-order valence-corrected chi connectivity index (χ4v) is 3.95. The second-order valence-electron chi connectivity index (χ2n) is 9.32. The van der Waals surface area contributed by atoms with Gasteiger partial charge in [0.05, 0.1) is 0 Å². The lowest BCUT2D eigenvalue weighted by atomic mass is 9.82. The second-order valence-corrected chi connectivity index (χ2v) is 9.32. The van der Waals surface area contributed by atoms with Crippen LogP contribution in [-0.4, -0.2) is 0 Å². The fraction of sp³-hybridized carbons (Fsp3) is 1.00. The van der Waals surface area contributed by atoms with Crippen LogP contribution in [0.5, 0.6) is 0 Å². The highest BCUT2D eigenvalue weighted by molar-refractivity contribution is 4.68. The SMILES string of the molecule is CCCCCCCCCCCCC(C)(C)CCCCCCCCCC. The van der Waals surface area contributed by atoms with Gasteiger partial charge in [0.1, 0.15) is 0 Å². The van der Waals surface area contributed by atoms with Gasteiger partial charge in [-0.25, -0.2) is 0 Å². The largest absolute Gasteiger partial charge is 0.0654 e. The van der Waals surface area contributed by atoms with Gasteiger partial charge in [-0.05, 0) is 18.3 Å². The van der Waals surface area contributed by atoms with Crippen LogP contribution in [0, 0.1) is 5.41 Å². The van der Waals surface area contributed by atoms with Crippen molar-refractivity contribution in [2.75, 3.05) is 0 Å². The summed E-state index contributed by atoms with van der Waals surface area (Å²) in [5, 5.41) is 0. The van der Waals surface area contributed by atoms with E-state index in [1.165, 1.54) is 128 Å². The number of hydrogen-bond donors (Lipinski definition) is 0. The Balaban J connectivity index is 3.32. The van der Waals surface area contributed by atoms with E-state index < -0.39 is 0 Å². The maximum atomic E-state index is 2.50. The predicted molar refractivity (Wildman–Crippen MR) is 117 cm³/mol. The molecule has 0 spiro atoms. The normalized spacial score (nSPS) is 12.0. The van der Waals surface area contributed by atoms with Crippen molar-refractivity contribution in [1.82, 2.24) is 0 Å². The molecule has 0 aliphatic carbocycles. The third-order valence-electron chi connectivity index (χ3n) is 5.91. The molecule has 152 valence electrons. The van der Waals surface area contributed by atoms with Crippen molar-refractivity contribution >= 4 is 0 Å². The highest BCUT2D eigenvalue weighted by Gasteiger charge is 2.16. The zero-order chi connectivity index (χ0) is 18.6. The van der Waals surface area contributed by atoms with Gasteiger partial charge in [-0.2, -0.15) is 0 Å². The minimum Gasteiger partial charge on any atom is -0.0654 e. The number of unbranched alkanes of at least 4 members (excludes halogenated alkanes) is 16. The molecule has 0 fully saturated rings. The quantitative estimate of drug-likeness (QED) is 0.191. The van der Waals surface area contributed by atoms with E-state index in [1.54, 1.807) is 0 Å². The van der Waals surface area contributed by atoms with Gasteiger partial charge in [0, 0.05) is 0 Å². The number of rotatable bonds is 20. The van der Waals surface area contributed by atoms with Crippen LogP contribution < -0.4 is 0 Å². The molecule has 0 saturated carbocycles. The van der Waals surface area contributed by atoms with Gasteiger partial charge in [0.25, 0.3) is 0 Å². The molecule has 25 heavy (non-hydrogen) atoms. The minimum atomic E-state index is 0.586. The highest BCUT2D eigenvalue weighted by atomic mass is 14.2. The molecule has 0 aromatic heterocycles. The maximum Gasteiger partial charge on any atom is -0.0354 e. The van der Waals surface area contributed by atoms with Crippen LogP contribution in [0.2, 0.25) is 0 Å². The van der Waals surface area contributed by atoms with Crippen molar-refractivity contribution in [3.8, 4) is 0 Å². The van der Waals surface area contributed by atoms with Crippen molar-refractivity contribution in [2.24, 2.45) is 5.41 Å². The summed E-state index contributed by atoms with van der Waals surface area (Å²) < 4.78 is 0. The van der Waals surface area contributed by atoms with Crippen molar-refractivity contribution < 1.29 is 0 Å². The van der Waals surface area contributed by atoms with Crippen molar-refractivity contribution in [3.05, 3.63) is 0 Å². The van der Waals surface area contributed by atoms with Gasteiger partial charge in [-0.1, -0.05) is 143 Å². The summed E-state index contributed by atoms with van der Waals surface area (Å²) in [6, 6.07) is 0. The average Bonchev–Trinajstić information content (AvgIpc) is 2.59. The average molecular weight is 353 g/mol. The van der Waals surface area contributed by atoms with Gasteiger partial charge >= 0.3 is 0 Å². The lowest BCUT2D eigenvalue weighted by Gasteiger charge is -2.24. The first kappa shape index (κ1) is 25.0. The molecule has 0 heteroatoms. The topological polar surface area (TPSA) is 0 Å². The Morgan fingerprint density at radius 3 is 0.880 bits per heavy atom. The van der Waals surface area contributed by atoms with Crippen molar-refractivity contribution in [1.29, 1.82) is 0 Å². The Labute approximate surface area is 161 Å². The smallest absolute Gasteiger partial charge is 0.0354 e. The molecule has 0 heterocycles. The van der Waals surface area contributed by atoms with Gasteiger partial charge in [0.15, 0.2) is 0 Å². The van der Waals surface area contributed by atoms with E-state index in [0.717, 1.165) is 0 Å². The summed E-state index contributed by atoms with van der Waals surface area (Å²) in [5.74, 6) is 0. The number of hydrogen-bond acceptors (Lipinski definition) is 0. The van der Waals surface area contributed by atoms with Crippen LogP contribution in [0.15, 0.2) is 0 Å². The van der Waals surface area contributed by atoms with Crippen LogP contribution in [0.4, 0.5) is 0 Å². The molecule has 0 N–H and O–H groups in total. The lowest BCUT2D eigenvalue weighted by Crippen LogP contribution is -2.11. The van der Waals surface area contributed by atoms with Crippen LogP contribution >= 0.6 is 0 Å². The zero-order valence-corrected chi connectivity index (χ0v) is 18.6. The standard InChI is InChI=1S/C25H52/c1-5-7-9-11-13-15-16-18-20-22-24-25(3,4)23-21-19-17-14-12-10-8-6-2/h5-24H2,1-4H3. The Kier molecular flexibility index (Phi) is 18.8. The van der Waals surface area contributed by atoms with Gasteiger partial charge in [-0.15, -0.1) is 0 Å².